The Balaban J connectivity index is 0.000000211. The molecule has 0 fully saturated rings. The molecule has 0 bridgehead atoms. The van der Waals surface area contributed by atoms with Crippen LogP contribution in [0.3, 0.4) is 0 Å². The SMILES string of the molecule is Nc1ncccc1C(=O)O.[N-]=[N+]=NCc1cccnc1N. The summed E-state index contributed by atoms with van der Waals surface area (Å²) >= 11 is 0. The molecular weight excluding hydrogens is 274 g/mol. The normalized spacial score (nSPS) is 8.95. The molecule has 0 saturated heterocycles. The summed E-state index contributed by atoms with van der Waals surface area (Å²) < 4.78 is 0. The molecule has 2 aromatic rings. The van der Waals surface area contributed by atoms with Gasteiger partial charge in [-0.1, -0.05) is 11.2 Å². The highest BCUT2D eigenvalue weighted by Crippen LogP contribution is 2.07. The van der Waals surface area contributed by atoms with Crippen molar-refractivity contribution in [1.82, 2.24) is 9.97 Å². The molecule has 9 nitrogen and oxygen atoms in total. The second kappa shape index (κ2) is 7.97. The summed E-state index contributed by atoms with van der Waals surface area (Å²) in [7, 11) is 0. The van der Waals surface area contributed by atoms with Crippen molar-refractivity contribution in [2.45, 2.75) is 6.54 Å². The van der Waals surface area contributed by atoms with Gasteiger partial charge in [-0.15, -0.1) is 0 Å². The largest absolute Gasteiger partial charge is 0.478 e. The van der Waals surface area contributed by atoms with Crippen molar-refractivity contribution in [3.63, 3.8) is 0 Å². The number of pyridine rings is 2. The number of anilines is 2. The van der Waals surface area contributed by atoms with Gasteiger partial charge in [-0.3, -0.25) is 0 Å². The number of azide groups is 1. The molecule has 0 aliphatic carbocycles. The maximum atomic E-state index is 10.3. The summed E-state index contributed by atoms with van der Waals surface area (Å²) in [5.41, 5.74) is 19.5. The molecule has 0 radical (unpaired) electrons. The second-order valence-electron chi connectivity index (χ2n) is 3.68. The van der Waals surface area contributed by atoms with Crippen LogP contribution in [0.2, 0.25) is 0 Å². The van der Waals surface area contributed by atoms with Gasteiger partial charge >= 0.3 is 5.97 Å². The molecule has 108 valence electrons. The molecule has 2 aromatic heterocycles. The zero-order valence-corrected chi connectivity index (χ0v) is 10.9. The molecule has 0 spiro atoms. The van der Waals surface area contributed by atoms with Crippen LogP contribution in [0.25, 0.3) is 10.4 Å². The topological polar surface area (TPSA) is 164 Å². The number of hydrogen-bond donors (Lipinski definition) is 3. The summed E-state index contributed by atoms with van der Waals surface area (Å²) in [5.74, 6) is -0.583. The molecule has 0 amide bonds. The second-order valence-corrected chi connectivity index (χ2v) is 3.68. The Kier molecular flexibility index (Phi) is 5.97. The standard InChI is InChI=1S/C6H7N5.C6H6N2O2/c7-6-5(4-10-11-8)2-1-3-9-6;7-5-4(6(9)10)2-1-3-8-5/h1-3H,4H2,(H2,7,9);1-3H,(H2,7,8)(H,9,10). The average Bonchev–Trinajstić information content (AvgIpc) is 2.47. The molecule has 2 heterocycles. The lowest BCUT2D eigenvalue weighted by Crippen LogP contribution is -2.03. The number of carboxylic acid groups (broad SMARTS) is 1. The average molecular weight is 287 g/mol. The Hall–Kier alpha value is -3.32. The van der Waals surface area contributed by atoms with E-state index in [1.54, 1.807) is 18.3 Å². The molecule has 2 rings (SSSR count). The number of rotatable bonds is 3. The minimum Gasteiger partial charge on any atom is -0.478 e. The fourth-order valence-electron chi connectivity index (χ4n) is 1.29. The lowest BCUT2D eigenvalue weighted by atomic mass is 10.2. The summed E-state index contributed by atoms with van der Waals surface area (Å²) in [4.78, 5) is 20.3. The van der Waals surface area contributed by atoms with Crippen molar-refractivity contribution in [2.75, 3.05) is 11.5 Å². The number of aromatic carboxylic acids is 1. The van der Waals surface area contributed by atoms with E-state index in [4.69, 9.17) is 22.1 Å². The van der Waals surface area contributed by atoms with Gasteiger partial charge in [0.1, 0.15) is 17.2 Å². The third-order valence-electron chi connectivity index (χ3n) is 2.30. The Labute approximate surface area is 119 Å². The third kappa shape index (κ3) is 5.05. The highest BCUT2D eigenvalue weighted by molar-refractivity contribution is 5.92. The zero-order valence-electron chi connectivity index (χ0n) is 10.9. The van der Waals surface area contributed by atoms with E-state index in [0.717, 1.165) is 5.56 Å². The van der Waals surface area contributed by atoms with Gasteiger partial charge in [0.15, 0.2) is 0 Å². The quantitative estimate of drug-likeness (QED) is 0.442. The van der Waals surface area contributed by atoms with Crippen LogP contribution in [0.5, 0.6) is 0 Å². The van der Waals surface area contributed by atoms with Gasteiger partial charge in [0.25, 0.3) is 0 Å². The monoisotopic (exact) mass is 287 g/mol. The highest BCUT2D eigenvalue weighted by Gasteiger charge is 2.05. The predicted molar refractivity (Wildman–Crippen MR) is 77.1 cm³/mol. The molecule has 0 aliphatic rings. The zero-order chi connectivity index (χ0) is 15.7. The fourth-order valence-corrected chi connectivity index (χ4v) is 1.29. The van der Waals surface area contributed by atoms with Crippen LogP contribution in [-0.4, -0.2) is 21.0 Å². The Morgan fingerprint density at radius 3 is 2.33 bits per heavy atom. The van der Waals surface area contributed by atoms with Gasteiger partial charge in [0, 0.05) is 22.9 Å². The van der Waals surface area contributed by atoms with E-state index in [0.29, 0.717) is 5.82 Å². The predicted octanol–water partition coefficient (Wildman–Crippen LogP) is 1.84. The van der Waals surface area contributed by atoms with Crippen LogP contribution in [0.15, 0.2) is 41.8 Å². The summed E-state index contributed by atoms with van der Waals surface area (Å²) in [5, 5.41) is 11.8. The van der Waals surface area contributed by atoms with E-state index in [9.17, 15) is 4.79 Å². The first-order valence-corrected chi connectivity index (χ1v) is 5.70. The highest BCUT2D eigenvalue weighted by atomic mass is 16.4. The first kappa shape index (κ1) is 15.7. The fraction of sp³-hybridized carbons (Fsp3) is 0.0833. The first-order valence-electron chi connectivity index (χ1n) is 5.70. The molecule has 5 N–H and O–H groups in total. The van der Waals surface area contributed by atoms with Crippen molar-refractivity contribution in [1.29, 1.82) is 0 Å². The van der Waals surface area contributed by atoms with E-state index >= 15 is 0 Å². The number of carbonyl (C=O) groups is 1. The Bertz CT molecular complexity index is 668. The summed E-state index contributed by atoms with van der Waals surface area (Å²) in [6, 6.07) is 6.46. The smallest absolute Gasteiger partial charge is 0.339 e. The molecule has 9 heteroatoms. The molecule has 21 heavy (non-hydrogen) atoms. The van der Waals surface area contributed by atoms with Crippen LogP contribution >= 0.6 is 0 Å². The van der Waals surface area contributed by atoms with Gasteiger partial charge in [-0.25, -0.2) is 14.8 Å². The minimum atomic E-state index is -1.05. The van der Waals surface area contributed by atoms with Gasteiger partial charge < -0.3 is 16.6 Å². The summed E-state index contributed by atoms with van der Waals surface area (Å²) in [6.45, 7) is 0.260. The first-order chi connectivity index (χ1) is 10.1. The van der Waals surface area contributed by atoms with Gasteiger partial charge in [0.2, 0.25) is 0 Å². The van der Waals surface area contributed by atoms with Gasteiger partial charge in [-0.2, -0.15) is 0 Å². The number of carboxylic acids is 1. The van der Waals surface area contributed by atoms with Crippen LogP contribution < -0.4 is 11.5 Å². The minimum absolute atomic E-state index is 0.0440. The molecule has 0 unspecified atom stereocenters. The summed E-state index contributed by atoms with van der Waals surface area (Å²) in [6.07, 6.45) is 3.04. The van der Waals surface area contributed by atoms with Crippen LogP contribution in [0.4, 0.5) is 11.6 Å². The number of nitrogen functional groups attached to an aromatic ring is 2. The van der Waals surface area contributed by atoms with E-state index in [-0.39, 0.29) is 17.9 Å². The number of aromatic nitrogens is 2. The van der Waals surface area contributed by atoms with Crippen molar-refractivity contribution < 1.29 is 9.90 Å². The molecule has 0 aromatic carbocycles. The lowest BCUT2D eigenvalue weighted by Gasteiger charge is -1.97. The third-order valence-corrected chi connectivity index (χ3v) is 2.30. The van der Waals surface area contributed by atoms with E-state index in [1.807, 2.05) is 0 Å². The Morgan fingerprint density at radius 1 is 1.24 bits per heavy atom. The van der Waals surface area contributed by atoms with Crippen molar-refractivity contribution >= 4 is 17.6 Å². The van der Waals surface area contributed by atoms with E-state index in [2.05, 4.69) is 20.0 Å². The van der Waals surface area contributed by atoms with Gasteiger partial charge in [-0.05, 0) is 23.7 Å². The number of hydrogen-bond acceptors (Lipinski definition) is 6. The van der Waals surface area contributed by atoms with E-state index < -0.39 is 5.97 Å². The van der Waals surface area contributed by atoms with Crippen molar-refractivity contribution in [3.8, 4) is 0 Å². The van der Waals surface area contributed by atoms with Crippen molar-refractivity contribution in [3.05, 3.63) is 58.2 Å². The lowest BCUT2D eigenvalue weighted by molar-refractivity contribution is 0.0697. The van der Waals surface area contributed by atoms with Gasteiger partial charge in [0.05, 0.1) is 6.54 Å². The maximum Gasteiger partial charge on any atom is 0.339 e. The maximum absolute atomic E-state index is 10.3. The Morgan fingerprint density at radius 2 is 1.86 bits per heavy atom. The van der Waals surface area contributed by atoms with Crippen LogP contribution in [-0.2, 0) is 6.54 Å². The molecule has 0 aliphatic heterocycles. The molecule has 0 atom stereocenters. The molecular formula is C12H13N7O2. The number of nitrogens with two attached hydrogens (primary N) is 2. The number of nitrogens with zero attached hydrogens (tertiary/aromatic N) is 5. The van der Waals surface area contributed by atoms with Crippen molar-refractivity contribution in [2.24, 2.45) is 5.11 Å². The molecule has 0 saturated carbocycles. The van der Waals surface area contributed by atoms with Crippen LogP contribution in [0, 0.1) is 0 Å². The van der Waals surface area contributed by atoms with E-state index in [1.165, 1.54) is 18.3 Å². The van der Waals surface area contributed by atoms with Crippen LogP contribution in [0.1, 0.15) is 15.9 Å².